The summed E-state index contributed by atoms with van der Waals surface area (Å²) in [5, 5.41) is 3.14. The van der Waals surface area contributed by atoms with Crippen LogP contribution in [0, 0.1) is 5.82 Å². The monoisotopic (exact) mass is 406 g/mol. The van der Waals surface area contributed by atoms with Gasteiger partial charge in [-0.15, -0.1) is 0 Å². The van der Waals surface area contributed by atoms with Crippen molar-refractivity contribution in [2.45, 2.75) is 31.4 Å². The molecular formula is C22H25ClF2N2O. The average Bonchev–Trinajstić information content (AvgIpc) is 2.71. The van der Waals surface area contributed by atoms with E-state index in [9.17, 15) is 9.18 Å². The molecule has 0 radical (unpaired) electrons. The van der Waals surface area contributed by atoms with Crippen LogP contribution in [0.15, 0.2) is 48.5 Å². The number of nitrogens with one attached hydrogen (secondary N) is 1. The van der Waals surface area contributed by atoms with E-state index in [0.29, 0.717) is 38.0 Å². The molecule has 0 saturated carbocycles. The van der Waals surface area contributed by atoms with Crippen LogP contribution in [0.4, 0.5) is 8.78 Å². The Morgan fingerprint density at radius 3 is 2.54 bits per heavy atom. The number of halogens is 3. The second-order valence-corrected chi connectivity index (χ2v) is 7.75. The summed E-state index contributed by atoms with van der Waals surface area (Å²) in [6, 6.07) is 14.1. The van der Waals surface area contributed by atoms with Gasteiger partial charge in [0.05, 0.1) is 5.02 Å². The molecule has 2 aromatic rings. The number of likely N-dealkylation sites (tertiary alicyclic amines) is 1. The first-order valence-corrected chi connectivity index (χ1v) is 10.0. The Kier molecular flexibility index (Phi) is 7.03. The van der Waals surface area contributed by atoms with Gasteiger partial charge in [0.15, 0.2) is 0 Å². The summed E-state index contributed by atoms with van der Waals surface area (Å²) < 4.78 is 28.3. The zero-order valence-corrected chi connectivity index (χ0v) is 16.5. The molecule has 0 atom stereocenters. The first-order chi connectivity index (χ1) is 13.5. The lowest BCUT2D eigenvalue weighted by atomic mass is 9.92. The van der Waals surface area contributed by atoms with E-state index in [-0.39, 0.29) is 10.9 Å². The lowest BCUT2D eigenvalue weighted by Gasteiger charge is -2.36. The fraction of sp³-hybridized carbons (Fsp3) is 0.409. The summed E-state index contributed by atoms with van der Waals surface area (Å²) in [7, 11) is 0. The van der Waals surface area contributed by atoms with Crippen LogP contribution in [0.3, 0.4) is 0 Å². The summed E-state index contributed by atoms with van der Waals surface area (Å²) in [6.07, 6.45) is 2.50. The van der Waals surface area contributed by atoms with Gasteiger partial charge in [0.2, 0.25) is 0 Å². The molecule has 0 spiro atoms. The smallest absolute Gasteiger partial charge is 0.253 e. The molecule has 3 rings (SSSR count). The lowest BCUT2D eigenvalue weighted by Crippen LogP contribution is -2.49. The normalized spacial score (nSPS) is 16.2. The molecule has 28 heavy (non-hydrogen) atoms. The molecule has 150 valence electrons. The molecule has 1 aliphatic heterocycles. The van der Waals surface area contributed by atoms with Gasteiger partial charge < -0.3 is 10.2 Å². The van der Waals surface area contributed by atoms with Crippen LogP contribution in [0.25, 0.3) is 0 Å². The van der Waals surface area contributed by atoms with E-state index >= 15 is 4.39 Å². The average molecular weight is 407 g/mol. The van der Waals surface area contributed by atoms with Crippen LogP contribution in [0.5, 0.6) is 0 Å². The van der Waals surface area contributed by atoms with E-state index in [4.69, 9.17) is 11.6 Å². The van der Waals surface area contributed by atoms with Crippen LogP contribution in [-0.4, -0.2) is 42.7 Å². The van der Waals surface area contributed by atoms with Crippen molar-refractivity contribution in [1.82, 2.24) is 10.2 Å². The number of benzene rings is 2. The number of hydrogen-bond acceptors (Lipinski definition) is 2. The van der Waals surface area contributed by atoms with E-state index in [1.807, 2.05) is 18.2 Å². The van der Waals surface area contributed by atoms with E-state index in [1.54, 1.807) is 4.90 Å². The number of carbonyl (C=O) groups is 1. The Bertz CT molecular complexity index is 792. The molecule has 0 bridgehead atoms. The molecule has 2 aromatic carbocycles. The van der Waals surface area contributed by atoms with E-state index < -0.39 is 11.5 Å². The molecular weight excluding hydrogens is 382 g/mol. The third-order valence-electron chi connectivity index (χ3n) is 5.22. The van der Waals surface area contributed by atoms with Gasteiger partial charge in [-0.05, 0) is 43.1 Å². The van der Waals surface area contributed by atoms with Gasteiger partial charge in [0.25, 0.3) is 5.91 Å². The molecule has 0 aromatic heterocycles. The minimum atomic E-state index is -1.30. The highest BCUT2D eigenvalue weighted by Crippen LogP contribution is 2.27. The standard InChI is InChI=1S/C22H25ClF2N2O/c23-19-15-18(8-9-20(19)24)21(28)27-13-10-22(25,11-14-27)16-26-12-4-7-17-5-2-1-3-6-17/h1-3,5-6,8-9,15,26H,4,7,10-14,16H2. The first-order valence-electron chi connectivity index (χ1n) is 9.65. The molecule has 1 aliphatic rings. The number of rotatable bonds is 7. The van der Waals surface area contributed by atoms with Crippen LogP contribution < -0.4 is 5.32 Å². The minimum Gasteiger partial charge on any atom is -0.338 e. The van der Waals surface area contributed by atoms with Crippen molar-refractivity contribution in [2.75, 3.05) is 26.2 Å². The quantitative estimate of drug-likeness (QED) is 0.679. The van der Waals surface area contributed by atoms with Crippen molar-refractivity contribution in [3.8, 4) is 0 Å². The number of aryl methyl sites for hydroxylation is 1. The van der Waals surface area contributed by atoms with Crippen molar-refractivity contribution in [1.29, 1.82) is 0 Å². The second kappa shape index (κ2) is 9.48. The van der Waals surface area contributed by atoms with Gasteiger partial charge in [-0.2, -0.15) is 0 Å². The second-order valence-electron chi connectivity index (χ2n) is 7.34. The largest absolute Gasteiger partial charge is 0.338 e. The molecule has 0 aliphatic carbocycles. The maximum Gasteiger partial charge on any atom is 0.253 e. The molecule has 1 fully saturated rings. The van der Waals surface area contributed by atoms with E-state index in [1.165, 1.54) is 23.8 Å². The van der Waals surface area contributed by atoms with Crippen LogP contribution >= 0.6 is 11.6 Å². The van der Waals surface area contributed by atoms with Gasteiger partial charge in [-0.1, -0.05) is 41.9 Å². The fourth-order valence-corrected chi connectivity index (χ4v) is 3.65. The van der Waals surface area contributed by atoms with Crippen LogP contribution in [-0.2, 0) is 6.42 Å². The Hall–Kier alpha value is -1.98. The molecule has 0 unspecified atom stereocenters. The van der Waals surface area contributed by atoms with Gasteiger partial charge in [0.1, 0.15) is 11.5 Å². The summed E-state index contributed by atoms with van der Waals surface area (Å²) >= 11 is 5.75. The van der Waals surface area contributed by atoms with Gasteiger partial charge >= 0.3 is 0 Å². The zero-order chi connectivity index (χ0) is 20.0. The van der Waals surface area contributed by atoms with E-state index in [0.717, 1.165) is 19.4 Å². The van der Waals surface area contributed by atoms with Crippen molar-refractivity contribution in [2.24, 2.45) is 0 Å². The van der Waals surface area contributed by atoms with Gasteiger partial charge in [-0.25, -0.2) is 8.78 Å². The molecule has 1 amide bonds. The summed E-state index contributed by atoms with van der Waals surface area (Å²) in [5.41, 5.74) is 0.313. The fourth-order valence-electron chi connectivity index (χ4n) is 3.47. The Morgan fingerprint density at radius 2 is 1.86 bits per heavy atom. The molecule has 1 saturated heterocycles. The van der Waals surface area contributed by atoms with Crippen LogP contribution in [0.2, 0.25) is 5.02 Å². The zero-order valence-electron chi connectivity index (χ0n) is 15.8. The number of amides is 1. The SMILES string of the molecule is O=C(c1ccc(F)c(Cl)c1)N1CCC(F)(CNCCCc2ccccc2)CC1. The highest BCUT2D eigenvalue weighted by molar-refractivity contribution is 6.31. The number of alkyl halides is 1. The minimum absolute atomic E-state index is 0.0811. The van der Waals surface area contributed by atoms with Crippen molar-refractivity contribution in [3.63, 3.8) is 0 Å². The summed E-state index contributed by atoms with van der Waals surface area (Å²) in [4.78, 5) is 14.1. The molecule has 1 N–H and O–H groups in total. The van der Waals surface area contributed by atoms with Crippen molar-refractivity contribution < 1.29 is 13.6 Å². The number of nitrogens with zero attached hydrogens (tertiary/aromatic N) is 1. The third-order valence-corrected chi connectivity index (χ3v) is 5.51. The molecule has 6 heteroatoms. The summed E-state index contributed by atoms with van der Waals surface area (Å²) in [6.45, 7) is 1.75. The predicted octanol–water partition coefficient (Wildman–Crippen LogP) is 4.65. The van der Waals surface area contributed by atoms with Gasteiger partial charge in [-0.3, -0.25) is 4.79 Å². The maximum atomic E-state index is 15.0. The number of hydrogen-bond donors (Lipinski definition) is 1. The number of carbonyl (C=O) groups excluding carboxylic acids is 1. The maximum absolute atomic E-state index is 15.0. The van der Waals surface area contributed by atoms with Crippen molar-refractivity contribution >= 4 is 17.5 Å². The Balaban J connectivity index is 1.40. The van der Waals surface area contributed by atoms with Gasteiger partial charge in [0, 0.05) is 38.0 Å². The van der Waals surface area contributed by atoms with E-state index in [2.05, 4.69) is 17.4 Å². The Morgan fingerprint density at radius 1 is 1.14 bits per heavy atom. The topological polar surface area (TPSA) is 32.3 Å². The highest BCUT2D eigenvalue weighted by atomic mass is 35.5. The van der Waals surface area contributed by atoms with Crippen molar-refractivity contribution in [3.05, 3.63) is 70.5 Å². The summed E-state index contributed by atoms with van der Waals surface area (Å²) in [5.74, 6) is -0.794. The lowest BCUT2D eigenvalue weighted by molar-refractivity contribution is 0.0436. The number of piperidine rings is 1. The van der Waals surface area contributed by atoms with Crippen LogP contribution in [0.1, 0.15) is 35.2 Å². The Labute approximate surface area is 169 Å². The molecule has 1 heterocycles. The third kappa shape index (κ3) is 5.52. The first kappa shape index (κ1) is 20.7. The predicted molar refractivity (Wildman–Crippen MR) is 108 cm³/mol. The highest BCUT2D eigenvalue weighted by Gasteiger charge is 2.35. The molecule has 3 nitrogen and oxygen atoms in total.